The van der Waals surface area contributed by atoms with Crippen LogP contribution in [-0.2, 0) is 11.2 Å². The van der Waals surface area contributed by atoms with Gasteiger partial charge in [0.1, 0.15) is 0 Å². The van der Waals surface area contributed by atoms with Crippen molar-refractivity contribution in [2.24, 2.45) is 0 Å². The lowest BCUT2D eigenvalue weighted by Crippen LogP contribution is -2.40. The maximum absolute atomic E-state index is 12.8. The predicted octanol–water partition coefficient (Wildman–Crippen LogP) is 3.35. The molecule has 6 nitrogen and oxygen atoms in total. The molecule has 3 rings (SSSR count). The Morgan fingerprint density at radius 1 is 1.11 bits per heavy atom. The smallest absolute Gasteiger partial charge is 0.335 e. The molecule has 0 saturated carbocycles. The van der Waals surface area contributed by atoms with Gasteiger partial charge in [-0.2, -0.15) is 0 Å². The number of rotatable bonds is 6. The van der Waals surface area contributed by atoms with Crippen LogP contribution in [0.15, 0.2) is 42.5 Å². The molecule has 148 valence electrons. The van der Waals surface area contributed by atoms with Crippen molar-refractivity contribution in [1.29, 1.82) is 0 Å². The Kier molecular flexibility index (Phi) is 6.19. The summed E-state index contributed by atoms with van der Waals surface area (Å²) in [6.07, 6.45) is 2.14. The van der Waals surface area contributed by atoms with E-state index in [9.17, 15) is 14.7 Å². The standard InChI is InChI=1S/C22H25NO5/c1-27-19-9-8-15(11-20(19)28-2)12-21(24)23-10-4-7-18(14-23)16-5-3-6-17(13-16)22(25)26/h3,5-6,8-9,11,13,18H,4,7,10,12,14H2,1-2H3,(H,25,26)/t18-/m0/s1. The highest BCUT2D eigenvalue weighted by Crippen LogP contribution is 2.30. The van der Waals surface area contributed by atoms with Gasteiger partial charge >= 0.3 is 5.97 Å². The van der Waals surface area contributed by atoms with E-state index in [-0.39, 0.29) is 17.4 Å². The van der Waals surface area contributed by atoms with Crippen molar-refractivity contribution >= 4 is 11.9 Å². The summed E-state index contributed by atoms with van der Waals surface area (Å²) in [6.45, 7) is 1.33. The van der Waals surface area contributed by atoms with Gasteiger partial charge in [-0.05, 0) is 48.2 Å². The number of carboxylic acids is 1. The van der Waals surface area contributed by atoms with E-state index in [1.807, 2.05) is 23.1 Å². The summed E-state index contributed by atoms with van der Waals surface area (Å²) in [7, 11) is 3.15. The van der Waals surface area contributed by atoms with E-state index in [2.05, 4.69) is 0 Å². The first-order chi connectivity index (χ1) is 13.5. The third-order valence-corrected chi connectivity index (χ3v) is 5.18. The molecule has 1 atom stereocenters. The molecule has 1 aliphatic rings. The molecule has 1 saturated heterocycles. The zero-order chi connectivity index (χ0) is 20.1. The van der Waals surface area contributed by atoms with Gasteiger partial charge in [-0.15, -0.1) is 0 Å². The summed E-state index contributed by atoms with van der Waals surface area (Å²) >= 11 is 0. The van der Waals surface area contributed by atoms with Crippen LogP contribution in [0.25, 0.3) is 0 Å². The van der Waals surface area contributed by atoms with Gasteiger partial charge in [0.05, 0.1) is 26.2 Å². The number of aromatic carboxylic acids is 1. The van der Waals surface area contributed by atoms with Gasteiger partial charge in [-0.25, -0.2) is 4.79 Å². The van der Waals surface area contributed by atoms with Crippen LogP contribution in [0.4, 0.5) is 0 Å². The van der Waals surface area contributed by atoms with Crippen molar-refractivity contribution in [1.82, 2.24) is 4.90 Å². The molecule has 0 aromatic heterocycles. The average Bonchev–Trinajstić information content (AvgIpc) is 2.73. The molecule has 1 fully saturated rings. The predicted molar refractivity (Wildman–Crippen MR) is 105 cm³/mol. The van der Waals surface area contributed by atoms with Crippen LogP contribution in [-0.4, -0.2) is 49.2 Å². The van der Waals surface area contributed by atoms with E-state index in [0.717, 1.165) is 30.5 Å². The van der Waals surface area contributed by atoms with Crippen LogP contribution in [0.1, 0.15) is 40.2 Å². The number of benzene rings is 2. The largest absolute Gasteiger partial charge is 0.493 e. The fourth-order valence-corrected chi connectivity index (χ4v) is 3.68. The van der Waals surface area contributed by atoms with Crippen molar-refractivity contribution in [2.45, 2.75) is 25.2 Å². The lowest BCUT2D eigenvalue weighted by molar-refractivity contribution is -0.131. The summed E-state index contributed by atoms with van der Waals surface area (Å²) in [5.74, 6) is 0.526. The highest BCUT2D eigenvalue weighted by Gasteiger charge is 2.25. The number of carboxylic acid groups (broad SMARTS) is 1. The number of ether oxygens (including phenoxy) is 2. The first kappa shape index (κ1) is 19.7. The first-order valence-electron chi connectivity index (χ1n) is 9.33. The zero-order valence-corrected chi connectivity index (χ0v) is 16.2. The third kappa shape index (κ3) is 4.44. The van der Waals surface area contributed by atoms with Gasteiger partial charge in [0, 0.05) is 19.0 Å². The van der Waals surface area contributed by atoms with E-state index < -0.39 is 5.97 Å². The van der Waals surface area contributed by atoms with Crippen molar-refractivity contribution in [2.75, 3.05) is 27.3 Å². The summed E-state index contributed by atoms with van der Waals surface area (Å²) in [5, 5.41) is 9.21. The van der Waals surface area contributed by atoms with Crippen LogP contribution < -0.4 is 9.47 Å². The number of hydrogen-bond acceptors (Lipinski definition) is 4. The minimum atomic E-state index is -0.931. The normalized spacial score (nSPS) is 16.5. The first-order valence-corrected chi connectivity index (χ1v) is 9.33. The second kappa shape index (κ2) is 8.78. The van der Waals surface area contributed by atoms with Crippen molar-refractivity contribution in [3.05, 3.63) is 59.2 Å². The van der Waals surface area contributed by atoms with E-state index in [1.54, 1.807) is 38.5 Å². The Bertz CT molecular complexity index is 864. The molecule has 1 aliphatic heterocycles. The molecule has 0 radical (unpaired) electrons. The SMILES string of the molecule is COc1ccc(CC(=O)N2CCC[C@H](c3cccc(C(=O)O)c3)C2)cc1OC. The molecule has 0 spiro atoms. The summed E-state index contributed by atoms with van der Waals surface area (Å²) in [6, 6.07) is 12.5. The summed E-state index contributed by atoms with van der Waals surface area (Å²) in [5.41, 5.74) is 2.13. The lowest BCUT2D eigenvalue weighted by atomic mass is 9.89. The Labute approximate surface area is 164 Å². The Hall–Kier alpha value is -3.02. The van der Waals surface area contributed by atoms with Gasteiger partial charge in [0.25, 0.3) is 0 Å². The number of likely N-dealkylation sites (tertiary alicyclic amines) is 1. The van der Waals surface area contributed by atoms with Gasteiger partial charge < -0.3 is 19.5 Å². The number of amides is 1. The molecule has 28 heavy (non-hydrogen) atoms. The molecule has 0 unspecified atom stereocenters. The molecule has 1 heterocycles. The van der Waals surface area contributed by atoms with Gasteiger partial charge in [0.15, 0.2) is 11.5 Å². The fourth-order valence-electron chi connectivity index (χ4n) is 3.68. The van der Waals surface area contributed by atoms with Crippen LogP contribution in [0.2, 0.25) is 0 Å². The van der Waals surface area contributed by atoms with E-state index >= 15 is 0 Å². The number of nitrogens with zero attached hydrogens (tertiary/aromatic N) is 1. The van der Waals surface area contributed by atoms with Gasteiger partial charge in [-0.3, -0.25) is 4.79 Å². The maximum atomic E-state index is 12.8. The number of hydrogen-bond donors (Lipinski definition) is 1. The summed E-state index contributed by atoms with van der Waals surface area (Å²) in [4.78, 5) is 25.9. The highest BCUT2D eigenvalue weighted by atomic mass is 16.5. The molecule has 1 amide bonds. The van der Waals surface area contributed by atoms with Crippen LogP contribution in [0.5, 0.6) is 11.5 Å². The molecular formula is C22H25NO5. The van der Waals surface area contributed by atoms with E-state index in [4.69, 9.17) is 9.47 Å². The van der Waals surface area contributed by atoms with Crippen molar-refractivity contribution < 1.29 is 24.2 Å². The Morgan fingerprint density at radius 2 is 1.89 bits per heavy atom. The average molecular weight is 383 g/mol. The quantitative estimate of drug-likeness (QED) is 0.828. The topological polar surface area (TPSA) is 76.1 Å². The zero-order valence-electron chi connectivity index (χ0n) is 16.2. The number of carbonyl (C=O) groups excluding carboxylic acids is 1. The molecule has 1 N–H and O–H groups in total. The Balaban J connectivity index is 1.69. The fraction of sp³-hybridized carbons (Fsp3) is 0.364. The molecule has 6 heteroatoms. The number of carbonyl (C=O) groups is 2. The van der Waals surface area contributed by atoms with E-state index in [0.29, 0.717) is 24.5 Å². The summed E-state index contributed by atoms with van der Waals surface area (Å²) < 4.78 is 10.6. The highest BCUT2D eigenvalue weighted by molar-refractivity contribution is 5.87. The molecule has 2 aromatic rings. The van der Waals surface area contributed by atoms with Gasteiger partial charge in [0.2, 0.25) is 5.91 Å². The second-order valence-electron chi connectivity index (χ2n) is 6.98. The Morgan fingerprint density at radius 3 is 2.61 bits per heavy atom. The number of methoxy groups -OCH3 is 2. The molecular weight excluding hydrogens is 358 g/mol. The minimum Gasteiger partial charge on any atom is -0.493 e. The second-order valence-corrected chi connectivity index (χ2v) is 6.98. The molecule has 0 aliphatic carbocycles. The number of piperidine rings is 1. The van der Waals surface area contributed by atoms with Crippen LogP contribution in [0.3, 0.4) is 0 Å². The van der Waals surface area contributed by atoms with E-state index in [1.165, 1.54) is 0 Å². The lowest BCUT2D eigenvalue weighted by Gasteiger charge is -2.33. The molecule has 2 aromatic carbocycles. The van der Waals surface area contributed by atoms with Crippen LogP contribution >= 0.6 is 0 Å². The minimum absolute atomic E-state index is 0.0614. The van der Waals surface area contributed by atoms with Crippen molar-refractivity contribution in [3.8, 4) is 11.5 Å². The third-order valence-electron chi connectivity index (χ3n) is 5.18. The van der Waals surface area contributed by atoms with Crippen LogP contribution in [0, 0.1) is 0 Å². The monoisotopic (exact) mass is 383 g/mol. The maximum Gasteiger partial charge on any atom is 0.335 e. The van der Waals surface area contributed by atoms with Crippen molar-refractivity contribution in [3.63, 3.8) is 0 Å². The van der Waals surface area contributed by atoms with Gasteiger partial charge in [-0.1, -0.05) is 18.2 Å². The molecule has 0 bridgehead atoms.